The van der Waals surface area contributed by atoms with E-state index in [1.165, 1.54) is 0 Å². The maximum Gasteiger partial charge on any atom is 0.293 e. The van der Waals surface area contributed by atoms with Crippen molar-refractivity contribution in [2.45, 2.75) is 32.7 Å². The second kappa shape index (κ2) is 8.65. The van der Waals surface area contributed by atoms with Crippen LogP contribution < -0.4 is 0 Å². The molecule has 1 unspecified atom stereocenters. The van der Waals surface area contributed by atoms with Crippen molar-refractivity contribution in [3.05, 3.63) is 11.6 Å². The first-order valence-electron chi connectivity index (χ1n) is 6.84. The zero-order chi connectivity index (χ0) is 15.0. The van der Waals surface area contributed by atoms with E-state index in [9.17, 15) is 4.79 Å². The van der Waals surface area contributed by atoms with Gasteiger partial charge in [-0.1, -0.05) is 6.92 Å². The summed E-state index contributed by atoms with van der Waals surface area (Å²) in [6.07, 6.45) is 1.74. The molecule has 7 nitrogen and oxygen atoms in total. The maximum absolute atomic E-state index is 12.5. The number of methoxy groups -OCH3 is 2. The highest BCUT2D eigenvalue weighted by atomic mass is 16.5. The molecule has 7 heteroatoms. The second-order valence-electron chi connectivity index (χ2n) is 4.65. The van der Waals surface area contributed by atoms with Gasteiger partial charge in [-0.25, -0.2) is 4.98 Å². The summed E-state index contributed by atoms with van der Waals surface area (Å²) in [5.74, 6) is 0.736. The number of aromatic nitrogens is 3. The van der Waals surface area contributed by atoms with Crippen molar-refractivity contribution in [1.82, 2.24) is 20.1 Å². The van der Waals surface area contributed by atoms with Crippen molar-refractivity contribution in [3.8, 4) is 0 Å². The molecule has 0 aliphatic carbocycles. The number of amides is 1. The van der Waals surface area contributed by atoms with E-state index in [0.29, 0.717) is 19.8 Å². The van der Waals surface area contributed by atoms with E-state index < -0.39 is 0 Å². The molecule has 0 aromatic carbocycles. The fourth-order valence-corrected chi connectivity index (χ4v) is 1.91. The Balaban J connectivity index is 2.79. The van der Waals surface area contributed by atoms with Crippen molar-refractivity contribution in [1.29, 1.82) is 0 Å². The normalized spacial score (nSPS) is 12.4. The van der Waals surface area contributed by atoms with Gasteiger partial charge in [-0.15, -0.1) is 5.10 Å². The molecule has 20 heavy (non-hydrogen) atoms. The van der Waals surface area contributed by atoms with E-state index in [0.717, 1.165) is 18.7 Å². The van der Waals surface area contributed by atoms with Crippen LogP contribution in [0.5, 0.6) is 0 Å². The molecular weight excluding hydrogens is 260 g/mol. The number of carbonyl (C=O) groups is 1. The Morgan fingerprint density at radius 3 is 2.75 bits per heavy atom. The van der Waals surface area contributed by atoms with Gasteiger partial charge in [0.2, 0.25) is 5.82 Å². The molecule has 1 aromatic heterocycles. The molecule has 0 bridgehead atoms. The van der Waals surface area contributed by atoms with Crippen LogP contribution in [0, 0.1) is 0 Å². The fraction of sp³-hybridized carbons (Fsp3) is 0.769. The number of H-pyrrole nitrogens is 1. The van der Waals surface area contributed by atoms with Gasteiger partial charge in [0, 0.05) is 27.2 Å². The Morgan fingerprint density at radius 1 is 1.40 bits per heavy atom. The highest BCUT2D eigenvalue weighted by Crippen LogP contribution is 2.06. The number of aromatic amines is 1. The summed E-state index contributed by atoms with van der Waals surface area (Å²) in [7, 11) is 3.22. The maximum atomic E-state index is 12.5. The van der Waals surface area contributed by atoms with E-state index in [1.807, 2.05) is 6.92 Å². The third-order valence-corrected chi connectivity index (χ3v) is 2.95. The topological polar surface area (TPSA) is 80.3 Å². The van der Waals surface area contributed by atoms with Crippen molar-refractivity contribution >= 4 is 5.91 Å². The van der Waals surface area contributed by atoms with Crippen LogP contribution in [0.1, 0.15) is 36.7 Å². The minimum absolute atomic E-state index is 0.0595. The Kier molecular flexibility index (Phi) is 7.17. The van der Waals surface area contributed by atoms with E-state index in [-0.39, 0.29) is 17.8 Å². The zero-order valence-corrected chi connectivity index (χ0v) is 12.7. The molecule has 0 spiro atoms. The van der Waals surface area contributed by atoms with Gasteiger partial charge in [0.05, 0.1) is 19.3 Å². The van der Waals surface area contributed by atoms with Crippen LogP contribution in [0.3, 0.4) is 0 Å². The highest BCUT2D eigenvalue weighted by molar-refractivity contribution is 5.90. The summed E-state index contributed by atoms with van der Waals surface area (Å²) >= 11 is 0. The van der Waals surface area contributed by atoms with Crippen LogP contribution in [0.15, 0.2) is 0 Å². The number of ether oxygens (including phenoxy) is 2. The highest BCUT2D eigenvalue weighted by Gasteiger charge is 2.24. The number of nitrogens with zero attached hydrogens (tertiary/aromatic N) is 3. The number of nitrogens with one attached hydrogen (secondary N) is 1. The number of rotatable bonds is 9. The van der Waals surface area contributed by atoms with Gasteiger partial charge in [-0.2, -0.15) is 0 Å². The average Bonchev–Trinajstić information content (AvgIpc) is 2.88. The van der Waals surface area contributed by atoms with Gasteiger partial charge in [0.1, 0.15) is 5.82 Å². The summed E-state index contributed by atoms with van der Waals surface area (Å²) in [5, 5.41) is 6.80. The van der Waals surface area contributed by atoms with E-state index in [2.05, 4.69) is 22.1 Å². The molecule has 0 fully saturated rings. The molecule has 0 radical (unpaired) electrons. The van der Waals surface area contributed by atoms with Gasteiger partial charge in [0.25, 0.3) is 5.91 Å². The van der Waals surface area contributed by atoms with Gasteiger partial charge in [0.15, 0.2) is 0 Å². The van der Waals surface area contributed by atoms with Crippen molar-refractivity contribution in [2.24, 2.45) is 0 Å². The molecular formula is C13H24N4O3. The van der Waals surface area contributed by atoms with Crippen molar-refractivity contribution < 1.29 is 14.3 Å². The van der Waals surface area contributed by atoms with E-state index in [1.54, 1.807) is 19.1 Å². The smallest absolute Gasteiger partial charge is 0.293 e. The first kappa shape index (κ1) is 16.6. The molecule has 1 atom stereocenters. The predicted molar refractivity (Wildman–Crippen MR) is 74.6 cm³/mol. The van der Waals surface area contributed by atoms with Crippen LogP contribution in [0.4, 0.5) is 0 Å². The summed E-state index contributed by atoms with van der Waals surface area (Å²) in [4.78, 5) is 18.4. The summed E-state index contributed by atoms with van der Waals surface area (Å²) in [6.45, 7) is 5.39. The van der Waals surface area contributed by atoms with Crippen LogP contribution in [0.25, 0.3) is 0 Å². The molecule has 0 saturated carbocycles. The Bertz CT molecular complexity index is 408. The Morgan fingerprint density at radius 2 is 2.15 bits per heavy atom. The summed E-state index contributed by atoms with van der Waals surface area (Å²) in [6, 6.07) is -0.0595. The van der Waals surface area contributed by atoms with Gasteiger partial charge in [-0.05, 0) is 13.3 Å². The lowest BCUT2D eigenvalue weighted by molar-refractivity contribution is 0.0469. The summed E-state index contributed by atoms with van der Waals surface area (Å²) in [5.41, 5.74) is 0. The molecule has 1 amide bonds. The quantitative estimate of drug-likeness (QED) is 0.728. The van der Waals surface area contributed by atoms with Crippen molar-refractivity contribution in [3.63, 3.8) is 0 Å². The van der Waals surface area contributed by atoms with Gasteiger partial charge in [-0.3, -0.25) is 9.89 Å². The van der Waals surface area contributed by atoms with Gasteiger partial charge >= 0.3 is 0 Å². The van der Waals surface area contributed by atoms with Gasteiger partial charge < -0.3 is 14.4 Å². The molecule has 0 aliphatic heterocycles. The third-order valence-electron chi connectivity index (χ3n) is 2.95. The number of carbonyl (C=O) groups excluding carboxylic acids is 1. The average molecular weight is 284 g/mol. The number of aryl methyl sites for hydroxylation is 1. The molecule has 1 aromatic rings. The van der Waals surface area contributed by atoms with Crippen LogP contribution in [-0.4, -0.2) is 66.0 Å². The molecule has 0 saturated heterocycles. The lowest BCUT2D eigenvalue weighted by Gasteiger charge is -2.27. The first-order valence-corrected chi connectivity index (χ1v) is 6.84. The fourth-order valence-electron chi connectivity index (χ4n) is 1.91. The second-order valence-corrected chi connectivity index (χ2v) is 4.65. The minimum Gasteiger partial charge on any atom is -0.383 e. The first-order chi connectivity index (χ1) is 9.63. The van der Waals surface area contributed by atoms with Crippen LogP contribution >= 0.6 is 0 Å². The number of hydrogen-bond acceptors (Lipinski definition) is 5. The minimum atomic E-state index is -0.204. The SMILES string of the molecule is CCCc1nc(C(=O)N(CCOC)C(C)COC)n[nH]1. The van der Waals surface area contributed by atoms with Crippen molar-refractivity contribution in [2.75, 3.05) is 34.0 Å². The molecule has 1 N–H and O–H groups in total. The molecule has 1 heterocycles. The lowest BCUT2D eigenvalue weighted by atomic mass is 10.2. The van der Waals surface area contributed by atoms with E-state index in [4.69, 9.17) is 9.47 Å². The molecule has 114 valence electrons. The number of hydrogen-bond donors (Lipinski definition) is 1. The zero-order valence-electron chi connectivity index (χ0n) is 12.7. The molecule has 0 aliphatic rings. The van der Waals surface area contributed by atoms with Crippen LogP contribution in [-0.2, 0) is 15.9 Å². The van der Waals surface area contributed by atoms with E-state index >= 15 is 0 Å². The monoisotopic (exact) mass is 284 g/mol. The summed E-state index contributed by atoms with van der Waals surface area (Å²) < 4.78 is 10.2. The largest absolute Gasteiger partial charge is 0.383 e. The molecule has 1 rings (SSSR count). The Hall–Kier alpha value is -1.47. The Labute approximate surface area is 119 Å². The van der Waals surface area contributed by atoms with Crippen LogP contribution in [0.2, 0.25) is 0 Å². The standard InChI is InChI=1S/C13H24N4O3/c1-5-6-11-14-12(16-15-11)13(18)17(7-8-19-3)10(2)9-20-4/h10H,5-9H2,1-4H3,(H,14,15,16). The lowest BCUT2D eigenvalue weighted by Crippen LogP contribution is -2.43. The predicted octanol–water partition coefficient (Wildman–Crippen LogP) is 0.881. The third kappa shape index (κ3) is 4.57.